The third-order valence-electron chi connectivity index (χ3n) is 5.05. The van der Waals surface area contributed by atoms with Crippen molar-refractivity contribution in [3.8, 4) is 0 Å². The van der Waals surface area contributed by atoms with Gasteiger partial charge in [-0.25, -0.2) is 0 Å². The Bertz CT molecular complexity index is 603. The minimum absolute atomic E-state index is 0.0161. The molecule has 2 saturated heterocycles. The molecule has 2 aliphatic rings. The van der Waals surface area contributed by atoms with E-state index in [4.69, 9.17) is 15.9 Å². The molecule has 7 nitrogen and oxygen atoms in total. The van der Waals surface area contributed by atoms with E-state index in [2.05, 4.69) is 10.2 Å². The van der Waals surface area contributed by atoms with Gasteiger partial charge in [0.15, 0.2) is 0 Å². The van der Waals surface area contributed by atoms with Gasteiger partial charge < -0.3 is 15.6 Å². The molecule has 3 rings (SSSR count). The lowest BCUT2D eigenvalue weighted by atomic mass is 9.74. The van der Waals surface area contributed by atoms with E-state index in [0.29, 0.717) is 32.5 Å². The van der Waals surface area contributed by atoms with Gasteiger partial charge >= 0.3 is 5.97 Å². The average molecular weight is 332 g/mol. The van der Waals surface area contributed by atoms with Crippen LogP contribution in [0, 0.1) is 11.3 Å². The summed E-state index contributed by atoms with van der Waals surface area (Å²) in [6.07, 6.45) is 0.729. The Morgan fingerprint density at radius 3 is 2.79 bits per heavy atom. The number of nitrogens with one attached hydrogen (secondary N) is 2. The molecule has 5 N–H and O–H groups in total. The van der Waals surface area contributed by atoms with Crippen LogP contribution in [0.4, 0.5) is 0 Å². The summed E-state index contributed by atoms with van der Waals surface area (Å²) >= 11 is 0. The van der Waals surface area contributed by atoms with Crippen molar-refractivity contribution in [1.29, 1.82) is 5.41 Å². The fourth-order valence-corrected chi connectivity index (χ4v) is 3.80. The van der Waals surface area contributed by atoms with Gasteiger partial charge in [0.2, 0.25) is 0 Å². The van der Waals surface area contributed by atoms with Crippen LogP contribution in [-0.4, -0.2) is 54.3 Å². The number of hydrogen-bond donors (Lipinski definition) is 4. The van der Waals surface area contributed by atoms with Crippen molar-refractivity contribution in [3.63, 3.8) is 0 Å². The number of nitrogens with zero attached hydrogens (tertiary/aromatic N) is 1. The molecule has 24 heavy (non-hydrogen) atoms. The van der Waals surface area contributed by atoms with Crippen LogP contribution in [0.2, 0.25) is 0 Å². The molecule has 7 heteroatoms. The SMILES string of the molecule is N=C(N)C1(c2ccccc2)CC(C(=O)O)CCN1CC1NCCO1. The van der Waals surface area contributed by atoms with Crippen LogP contribution >= 0.6 is 0 Å². The topological polar surface area (TPSA) is 112 Å². The van der Waals surface area contributed by atoms with Gasteiger partial charge in [0.05, 0.1) is 12.5 Å². The normalized spacial score (nSPS) is 31.0. The highest BCUT2D eigenvalue weighted by atomic mass is 16.5. The van der Waals surface area contributed by atoms with Crippen LogP contribution in [0.5, 0.6) is 0 Å². The highest BCUT2D eigenvalue weighted by Gasteiger charge is 2.48. The molecule has 0 amide bonds. The van der Waals surface area contributed by atoms with E-state index in [1.807, 2.05) is 30.3 Å². The first-order valence-electron chi connectivity index (χ1n) is 8.27. The second kappa shape index (κ2) is 6.88. The lowest BCUT2D eigenvalue weighted by molar-refractivity contribution is -0.145. The number of carboxylic acid groups (broad SMARTS) is 1. The summed E-state index contributed by atoms with van der Waals surface area (Å²) in [5.41, 5.74) is 6.00. The molecule has 0 aromatic heterocycles. The monoisotopic (exact) mass is 332 g/mol. The number of benzene rings is 1. The number of hydrogen-bond acceptors (Lipinski definition) is 5. The zero-order chi connectivity index (χ0) is 17.2. The molecule has 0 spiro atoms. The van der Waals surface area contributed by atoms with Gasteiger partial charge in [-0.2, -0.15) is 0 Å². The number of aliphatic carboxylic acids is 1. The van der Waals surface area contributed by atoms with E-state index in [1.54, 1.807) is 0 Å². The second-order valence-electron chi connectivity index (χ2n) is 6.43. The fraction of sp³-hybridized carbons (Fsp3) is 0.529. The fourth-order valence-electron chi connectivity index (χ4n) is 3.80. The molecule has 0 radical (unpaired) electrons. The Balaban J connectivity index is 1.98. The number of rotatable bonds is 5. The minimum Gasteiger partial charge on any atom is -0.481 e. The summed E-state index contributed by atoms with van der Waals surface area (Å²) in [5.74, 6) is -1.35. The van der Waals surface area contributed by atoms with E-state index < -0.39 is 17.4 Å². The Hall–Kier alpha value is -1.96. The van der Waals surface area contributed by atoms with Gasteiger partial charge in [0.1, 0.15) is 17.6 Å². The molecule has 3 atom stereocenters. The van der Waals surface area contributed by atoms with Crippen molar-refractivity contribution in [3.05, 3.63) is 35.9 Å². The van der Waals surface area contributed by atoms with Crippen molar-refractivity contribution < 1.29 is 14.6 Å². The van der Waals surface area contributed by atoms with Gasteiger partial charge in [-0.1, -0.05) is 30.3 Å². The van der Waals surface area contributed by atoms with Gasteiger partial charge in [0.25, 0.3) is 0 Å². The van der Waals surface area contributed by atoms with Gasteiger partial charge in [0, 0.05) is 19.6 Å². The van der Waals surface area contributed by atoms with Crippen molar-refractivity contribution >= 4 is 11.8 Å². The summed E-state index contributed by atoms with van der Waals surface area (Å²) in [7, 11) is 0. The number of amidine groups is 1. The Morgan fingerprint density at radius 1 is 1.46 bits per heavy atom. The maximum absolute atomic E-state index is 11.6. The van der Waals surface area contributed by atoms with Crippen molar-refractivity contribution in [2.75, 3.05) is 26.2 Å². The van der Waals surface area contributed by atoms with Crippen LogP contribution in [0.3, 0.4) is 0 Å². The van der Waals surface area contributed by atoms with Crippen LogP contribution in [0.1, 0.15) is 18.4 Å². The van der Waals surface area contributed by atoms with E-state index in [-0.39, 0.29) is 12.1 Å². The predicted octanol–water partition coefficient (Wildman–Crippen LogP) is 0.560. The zero-order valence-electron chi connectivity index (χ0n) is 13.6. The highest BCUT2D eigenvalue weighted by Crippen LogP contribution is 2.40. The van der Waals surface area contributed by atoms with Crippen LogP contribution < -0.4 is 11.1 Å². The van der Waals surface area contributed by atoms with Crippen molar-refractivity contribution in [2.24, 2.45) is 11.7 Å². The van der Waals surface area contributed by atoms with Gasteiger partial charge in [-0.3, -0.25) is 20.4 Å². The Labute approximate surface area is 141 Å². The molecule has 2 fully saturated rings. The van der Waals surface area contributed by atoms with E-state index in [1.165, 1.54) is 0 Å². The third-order valence-corrected chi connectivity index (χ3v) is 5.05. The second-order valence-corrected chi connectivity index (χ2v) is 6.43. The summed E-state index contributed by atoms with van der Waals surface area (Å²) in [5, 5.41) is 21.1. The third kappa shape index (κ3) is 3.02. The lowest BCUT2D eigenvalue weighted by Gasteiger charge is -2.49. The molecular weight excluding hydrogens is 308 g/mol. The average Bonchev–Trinajstić information content (AvgIpc) is 3.08. The van der Waals surface area contributed by atoms with E-state index >= 15 is 0 Å². The number of carbonyl (C=O) groups is 1. The number of nitrogens with two attached hydrogens (primary N) is 1. The molecule has 130 valence electrons. The van der Waals surface area contributed by atoms with Gasteiger partial charge in [-0.15, -0.1) is 0 Å². The smallest absolute Gasteiger partial charge is 0.306 e. The molecule has 2 aliphatic heterocycles. The van der Waals surface area contributed by atoms with Crippen LogP contribution in [-0.2, 0) is 15.1 Å². The standard InChI is InChI=1S/C17H24N4O3/c18-16(19)17(13-4-2-1-3-5-13)10-12(15(22)23)6-8-21(17)11-14-20-7-9-24-14/h1-5,12,14,20H,6-11H2,(H3,18,19)(H,22,23). The molecule has 0 saturated carbocycles. The summed E-state index contributed by atoms with van der Waals surface area (Å²) < 4.78 is 5.66. The molecule has 2 heterocycles. The molecule has 1 aromatic rings. The lowest BCUT2D eigenvalue weighted by Crippen LogP contribution is -2.61. The van der Waals surface area contributed by atoms with Crippen molar-refractivity contribution in [2.45, 2.75) is 24.6 Å². The first-order valence-corrected chi connectivity index (χ1v) is 8.27. The number of carboxylic acids is 1. The molecule has 0 bridgehead atoms. The van der Waals surface area contributed by atoms with Gasteiger partial charge in [-0.05, 0) is 18.4 Å². The van der Waals surface area contributed by atoms with Crippen LogP contribution in [0.25, 0.3) is 0 Å². The molecular formula is C17H24N4O3. The maximum Gasteiger partial charge on any atom is 0.306 e. The largest absolute Gasteiger partial charge is 0.481 e. The Morgan fingerprint density at radius 2 is 2.21 bits per heavy atom. The Kier molecular flexibility index (Phi) is 4.84. The quantitative estimate of drug-likeness (QED) is 0.463. The zero-order valence-corrected chi connectivity index (χ0v) is 13.6. The summed E-state index contributed by atoms with van der Waals surface area (Å²) in [6, 6.07) is 9.53. The number of likely N-dealkylation sites (tertiary alicyclic amines) is 1. The molecule has 3 unspecified atom stereocenters. The van der Waals surface area contributed by atoms with Crippen LogP contribution in [0.15, 0.2) is 30.3 Å². The van der Waals surface area contributed by atoms with E-state index in [9.17, 15) is 9.90 Å². The summed E-state index contributed by atoms with van der Waals surface area (Å²) in [6.45, 7) is 2.59. The number of ether oxygens (including phenoxy) is 1. The predicted molar refractivity (Wildman–Crippen MR) is 89.7 cm³/mol. The maximum atomic E-state index is 11.6. The highest BCUT2D eigenvalue weighted by molar-refractivity contribution is 5.89. The molecule has 1 aromatic carbocycles. The summed E-state index contributed by atoms with van der Waals surface area (Å²) in [4.78, 5) is 13.7. The first-order chi connectivity index (χ1) is 11.5. The molecule has 0 aliphatic carbocycles. The van der Waals surface area contributed by atoms with Crippen molar-refractivity contribution in [1.82, 2.24) is 10.2 Å². The minimum atomic E-state index is -0.907. The first kappa shape index (κ1) is 16.9. The van der Waals surface area contributed by atoms with E-state index in [0.717, 1.165) is 12.1 Å². The number of piperidine rings is 1.